The van der Waals surface area contributed by atoms with E-state index in [0.717, 1.165) is 18.2 Å². The summed E-state index contributed by atoms with van der Waals surface area (Å²) in [5.74, 6) is -0.177. The number of sulfone groups is 1. The topological polar surface area (TPSA) is 77.2 Å². The van der Waals surface area contributed by atoms with Gasteiger partial charge in [-0.25, -0.2) is 8.42 Å². The lowest BCUT2D eigenvalue weighted by Crippen LogP contribution is -2.13. The molecule has 23 heavy (non-hydrogen) atoms. The third-order valence-corrected chi connectivity index (χ3v) is 5.20. The number of primary amides is 1. The fourth-order valence-electron chi connectivity index (χ4n) is 2.44. The molecule has 122 valence electrons. The Kier molecular flexibility index (Phi) is 4.90. The fraction of sp³-hybridized carbons (Fsp3) is 0.278. The van der Waals surface area contributed by atoms with E-state index in [4.69, 9.17) is 5.73 Å². The first-order chi connectivity index (χ1) is 10.7. The molecule has 1 amide bonds. The smallest absolute Gasteiger partial charge is 0.249 e. The molecule has 4 nitrogen and oxygen atoms in total. The molecule has 2 rings (SSSR count). The van der Waals surface area contributed by atoms with Crippen LogP contribution in [0.1, 0.15) is 42.1 Å². The maximum atomic E-state index is 11.7. The minimum atomic E-state index is -3.39. The molecule has 0 heterocycles. The predicted molar refractivity (Wildman–Crippen MR) is 92.2 cm³/mol. The molecule has 5 heteroatoms. The lowest BCUT2D eigenvalue weighted by Gasteiger charge is -2.12. The molecule has 1 atom stereocenters. The van der Waals surface area contributed by atoms with Gasteiger partial charge >= 0.3 is 0 Å². The Morgan fingerprint density at radius 3 is 2.22 bits per heavy atom. The Labute approximate surface area is 137 Å². The van der Waals surface area contributed by atoms with E-state index in [2.05, 4.69) is 13.8 Å². The molecular weight excluding hydrogens is 310 g/mol. The molecule has 1 unspecified atom stereocenters. The third-order valence-electron chi connectivity index (χ3n) is 4.09. The summed E-state index contributed by atoms with van der Waals surface area (Å²) in [6, 6.07) is 12.4. The van der Waals surface area contributed by atoms with Crippen LogP contribution in [-0.2, 0) is 9.84 Å². The molecule has 0 spiro atoms. The number of carbonyl (C=O) groups excluding carboxylic acids is 1. The summed E-state index contributed by atoms with van der Waals surface area (Å²) in [5.41, 5.74) is 8.35. The van der Waals surface area contributed by atoms with Crippen molar-refractivity contribution < 1.29 is 13.2 Å². The van der Waals surface area contributed by atoms with Crippen molar-refractivity contribution >= 4 is 15.7 Å². The zero-order chi connectivity index (χ0) is 17.2. The molecule has 0 fully saturated rings. The summed E-state index contributed by atoms with van der Waals surface area (Å²) in [7, 11) is -3.39. The van der Waals surface area contributed by atoms with Gasteiger partial charge in [0.25, 0.3) is 0 Å². The summed E-state index contributed by atoms with van der Waals surface area (Å²) in [5, 5.41) is 0. The molecule has 0 radical (unpaired) electrons. The minimum absolute atomic E-state index is 0.0891. The number of hydrogen-bond acceptors (Lipinski definition) is 3. The second kappa shape index (κ2) is 6.54. The number of carbonyl (C=O) groups is 1. The molecule has 0 aliphatic carbocycles. The maximum absolute atomic E-state index is 11.7. The van der Waals surface area contributed by atoms with Gasteiger partial charge in [0.1, 0.15) is 0 Å². The molecule has 2 aromatic rings. The predicted octanol–water partition coefficient (Wildman–Crippen LogP) is 3.37. The van der Waals surface area contributed by atoms with E-state index in [-0.39, 0.29) is 10.5 Å². The zero-order valence-corrected chi connectivity index (χ0v) is 14.4. The summed E-state index contributed by atoms with van der Waals surface area (Å²) in [6.45, 7) is 4.29. The van der Waals surface area contributed by atoms with Crippen LogP contribution in [0.15, 0.2) is 47.4 Å². The van der Waals surface area contributed by atoms with E-state index in [9.17, 15) is 13.2 Å². The average Bonchev–Trinajstić information content (AvgIpc) is 2.52. The summed E-state index contributed by atoms with van der Waals surface area (Å²) in [4.78, 5) is 11.8. The Hall–Kier alpha value is -2.14. The highest BCUT2D eigenvalue weighted by Crippen LogP contribution is 2.28. The normalized spacial score (nSPS) is 12.8. The van der Waals surface area contributed by atoms with Gasteiger partial charge in [0.2, 0.25) is 5.91 Å². The number of rotatable bonds is 5. The van der Waals surface area contributed by atoms with E-state index in [1.165, 1.54) is 17.7 Å². The quantitative estimate of drug-likeness (QED) is 0.912. The van der Waals surface area contributed by atoms with Crippen LogP contribution in [0.5, 0.6) is 0 Å². The summed E-state index contributed by atoms with van der Waals surface area (Å²) in [6.07, 6.45) is 2.16. The molecule has 0 aliphatic rings. The van der Waals surface area contributed by atoms with Crippen LogP contribution in [0.3, 0.4) is 0 Å². The van der Waals surface area contributed by atoms with Gasteiger partial charge in [0.05, 0.1) is 4.90 Å². The molecule has 0 aromatic heterocycles. The van der Waals surface area contributed by atoms with Crippen molar-refractivity contribution in [2.45, 2.75) is 31.1 Å². The van der Waals surface area contributed by atoms with E-state index in [0.29, 0.717) is 11.5 Å². The lowest BCUT2D eigenvalue weighted by atomic mass is 9.94. The number of benzene rings is 2. The summed E-state index contributed by atoms with van der Waals surface area (Å²) >= 11 is 0. The fourth-order valence-corrected chi connectivity index (χ4v) is 3.08. The second-order valence-electron chi connectivity index (χ2n) is 5.78. The highest BCUT2D eigenvalue weighted by atomic mass is 32.2. The Bertz CT molecular complexity index is 824. The largest absolute Gasteiger partial charge is 0.366 e. The van der Waals surface area contributed by atoms with Gasteiger partial charge < -0.3 is 5.73 Å². The van der Waals surface area contributed by atoms with E-state index >= 15 is 0 Å². The van der Waals surface area contributed by atoms with Gasteiger partial charge in [-0.3, -0.25) is 4.79 Å². The molecular formula is C18H21NO3S. The van der Waals surface area contributed by atoms with Gasteiger partial charge in [-0.1, -0.05) is 44.2 Å². The van der Waals surface area contributed by atoms with Crippen molar-refractivity contribution in [2.75, 3.05) is 6.26 Å². The first kappa shape index (κ1) is 17.2. The van der Waals surface area contributed by atoms with E-state index in [1.54, 1.807) is 6.07 Å². The minimum Gasteiger partial charge on any atom is -0.366 e. The summed E-state index contributed by atoms with van der Waals surface area (Å²) < 4.78 is 23.3. The van der Waals surface area contributed by atoms with Crippen molar-refractivity contribution in [1.29, 1.82) is 0 Å². The molecule has 0 aliphatic heterocycles. The van der Waals surface area contributed by atoms with E-state index < -0.39 is 15.7 Å². The molecule has 2 N–H and O–H groups in total. The Balaban J connectivity index is 2.53. The molecule has 0 saturated carbocycles. The Morgan fingerprint density at radius 1 is 1.13 bits per heavy atom. The highest BCUT2D eigenvalue weighted by molar-refractivity contribution is 7.90. The van der Waals surface area contributed by atoms with Crippen molar-refractivity contribution in [3.63, 3.8) is 0 Å². The standard InChI is InChI=1S/C18H21NO3S/c1-4-12(2)13-5-7-14(8-6-13)16-10-9-15(23(3,21)22)11-17(16)18(19)20/h5-12H,4H2,1-3H3,(H2,19,20). The molecule has 0 saturated heterocycles. The lowest BCUT2D eigenvalue weighted by molar-refractivity contribution is 0.100. The van der Waals surface area contributed by atoms with Crippen LogP contribution >= 0.6 is 0 Å². The van der Waals surface area contributed by atoms with Gasteiger partial charge in [-0.2, -0.15) is 0 Å². The van der Waals surface area contributed by atoms with E-state index in [1.807, 2.05) is 24.3 Å². The average molecular weight is 331 g/mol. The SMILES string of the molecule is CCC(C)c1ccc(-c2ccc(S(C)(=O)=O)cc2C(N)=O)cc1. The van der Waals surface area contributed by atoms with Gasteiger partial charge in [0, 0.05) is 11.8 Å². The maximum Gasteiger partial charge on any atom is 0.249 e. The number of amides is 1. The van der Waals surface area contributed by atoms with Crippen LogP contribution in [0, 0.1) is 0 Å². The number of hydrogen-bond donors (Lipinski definition) is 1. The van der Waals surface area contributed by atoms with Crippen LogP contribution in [-0.4, -0.2) is 20.6 Å². The monoisotopic (exact) mass is 331 g/mol. The van der Waals surface area contributed by atoms with Crippen LogP contribution in [0.25, 0.3) is 11.1 Å². The van der Waals surface area contributed by atoms with Crippen molar-refractivity contribution in [1.82, 2.24) is 0 Å². The first-order valence-electron chi connectivity index (χ1n) is 7.48. The van der Waals surface area contributed by atoms with Crippen LogP contribution in [0.4, 0.5) is 0 Å². The van der Waals surface area contributed by atoms with Crippen LogP contribution in [0.2, 0.25) is 0 Å². The van der Waals surface area contributed by atoms with Crippen molar-refractivity contribution in [3.8, 4) is 11.1 Å². The van der Waals surface area contributed by atoms with Gasteiger partial charge in [-0.05, 0) is 41.2 Å². The molecule has 0 bridgehead atoms. The molecule has 2 aromatic carbocycles. The zero-order valence-electron chi connectivity index (χ0n) is 13.5. The van der Waals surface area contributed by atoms with Crippen LogP contribution < -0.4 is 5.73 Å². The van der Waals surface area contributed by atoms with Gasteiger partial charge in [-0.15, -0.1) is 0 Å². The second-order valence-corrected chi connectivity index (χ2v) is 7.79. The highest BCUT2D eigenvalue weighted by Gasteiger charge is 2.15. The van der Waals surface area contributed by atoms with Crippen molar-refractivity contribution in [2.24, 2.45) is 5.73 Å². The third kappa shape index (κ3) is 3.79. The Morgan fingerprint density at radius 2 is 1.74 bits per heavy atom. The first-order valence-corrected chi connectivity index (χ1v) is 9.37. The number of nitrogens with two attached hydrogens (primary N) is 1. The van der Waals surface area contributed by atoms with Crippen molar-refractivity contribution in [3.05, 3.63) is 53.6 Å². The van der Waals surface area contributed by atoms with Gasteiger partial charge in [0.15, 0.2) is 9.84 Å².